The second-order valence-corrected chi connectivity index (χ2v) is 7.02. The first-order valence-corrected chi connectivity index (χ1v) is 8.90. The van der Waals surface area contributed by atoms with Crippen molar-refractivity contribution in [2.75, 3.05) is 10.6 Å². The molecule has 142 valence electrons. The van der Waals surface area contributed by atoms with Gasteiger partial charge in [0.1, 0.15) is 11.9 Å². The van der Waals surface area contributed by atoms with E-state index < -0.39 is 17.9 Å². The number of primary amides is 2. The summed E-state index contributed by atoms with van der Waals surface area (Å²) in [6.07, 6.45) is 4.26. The summed E-state index contributed by atoms with van der Waals surface area (Å²) in [4.78, 5) is 31.9. The van der Waals surface area contributed by atoms with Crippen molar-refractivity contribution in [3.8, 4) is 0 Å². The molecular formula is C19H24N6O2. The molecular weight excluding hydrogens is 344 g/mol. The van der Waals surface area contributed by atoms with Crippen LogP contribution in [0.25, 0.3) is 0 Å². The van der Waals surface area contributed by atoms with E-state index in [1.165, 1.54) is 6.20 Å². The zero-order chi connectivity index (χ0) is 19.6. The number of amides is 2. The maximum absolute atomic E-state index is 11.7. The van der Waals surface area contributed by atoms with Gasteiger partial charge >= 0.3 is 0 Å². The Kier molecular flexibility index (Phi) is 5.25. The van der Waals surface area contributed by atoms with Crippen molar-refractivity contribution in [1.82, 2.24) is 9.97 Å². The van der Waals surface area contributed by atoms with Gasteiger partial charge in [-0.15, -0.1) is 0 Å². The maximum atomic E-state index is 11.7. The highest BCUT2D eigenvalue weighted by Gasteiger charge is 2.28. The number of hydrogen-bond acceptors (Lipinski definition) is 6. The van der Waals surface area contributed by atoms with Crippen molar-refractivity contribution in [2.45, 2.75) is 39.2 Å². The molecule has 0 aliphatic heterocycles. The molecule has 1 aromatic heterocycles. The number of hydrogen-bond donors (Lipinski definition) is 4. The van der Waals surface area contributed by atoms with E-state index in [1.807, 2.05) is 32.0 Å². The number of aryl methyl sites for hydroxylation is 2. The fourth-order valence-electron chi connectivity index (χ4n) is 2.79. The van der Waals surface area contributed by atoms with Gasteiger partial charge < -0.3 is 22.1 Å². The highest BCUT2D eigenvalue weighted by Crippen LogP contribution is 2.34. The van der Waals surface area contributed by atoms with Gasteiger partial charge in [0.05, 0.1) is 6.20 Å². The van der Waals surface area contributed by atoms with E-state index in [4.69, 9.17) is 11.5 Å². The van der Waals surface area contributed by atoms with Gasteiger partial charge in [0.2, 0.25) is 5.91 Å². The van der Waals surface area contributed by atoms with Crippen molar-refractivity contribution < 1.29 is 9.59 Å². The SMILES string of the molecule is Cc1ccc(Nc2nc(NC(CC3CC3)C(N)=O)cnc2C(N)=O)cc1C. The van der Waals surface area contributed by atoms with Crippen molar-refractivity contribution in [1.29, 1.82) is 0 Å². The molecule has 1 saturated carbocycles. The summed E-state index contributed by atoms with van der Waals surface area (Å²) in [7, 11) is 0. The average Bonchev–Trinajstić information content (AvgIpc) is 3.41. The van der Waals surface area contributed by atoms with Crippen LogP contribution in [-0.4, -0.2) is 27.8 Å². The number of rotatable bonds is 8. The minimum atomic E-state index is -0.690. The molecule has 0 spiro atoms. The van der Waals surface area contributed by atoms with Crippen LogP contribution in [0.3, 0.4) is 0 Å². The second-order valence-electron chi connectivity index (χ2n) is 7.02. The molecule has 3 rings (SSSR count). The van der Waals surface area contributed by atoms with Gasteiger partial charge in [0.15, 0.2) is 11.5 Å². The van der Waals surface area contributed by atoms with E-state index in [-0.39, 0.29) is 11.5 Å². The van der Waals surface area contributed by atoms with E-state index in [9.17, 15) is 9.59 Å². The number of carbonyl (C=O) groups excluding carboxylic acids is 2. The molecule has 1 unspecified atom stereocenters. The van der Waals surface area contributed by atoms with Crippen LogP contribution in [0.5, 0.6) is 0 Å². The number of nitrogens with one attached hydrogen (secondary N) is 2. The summed E-state index contributed by atoms with van der Waals surface area (Å²) in [5.41, 5.74) is 13.9. The van der Waals surface area contributed by atoms with E-state index in [1.54, 1.807) is 0 Å². The molecule has 2 amide bonds. The summed E-state index contributed by atoms with van der Waals surface area (Å²) in [5.74, 6) is -0.0293. The third-order valence-corrected chi connectivity index (χ3v) is 4.71. The van der Waals surface area contributed by atoms with Crippen molar-refractivity contribution in [2.24, 2.45) is 17.4 Å². The maximum Gasteiger partial charge on any atom is 0.271 e. The summed E-state index contributed by atoms with van der Waals surface area (Å²) in [6.45, 7) is 4.01. The van der Waals surface area contributed by atoms with Crippen LogP contribution < -0.4 is 22.1 Å². The van der Waals surface area contributed by atoms with Gasteiger partial charge in [-0.05, 0) is 49.4 Å². The lowest BCUT2D eigenvalue weighted by Crippen LogP contribution is -2.36. The molecule has 1 heterocycles. The minimum Gasteiger partial charge on any atom is -0.368 e. The van der Waals surface area contributed by atoms with Crippen LogP contribution in [-0.2, 0) is 4.79 Å². The monoisotopic (exact) mass is 368 g/mol. The van der Waals surface area contributed by atoms with E-state index >= 15 is 0 Å². The van der Waals surface area contributed by atoms with E-state index in [0.717, 1.165) is 29.7 Å². The van der Waals surface area contributed by atoms with Gasteiger partial charge in [0, 0.05) is 5.69 Å². The fourth-order valence-corrected chi connectivity index (χ4v) is 2.79. The molecule has 0 bridgehead atoms. The number of aromatic nitrogens is 2. The molecule has 1 atom stereocenters. The van der Waals surface area contributed by atoms with Gasteiger partial charge in [-0.2, -0.15) is 0 Å². The molecule has 1 aliphatic carbocycles. The Hall–Kier alpha value is -3.16. The first kappa shape index (κ1) is 18.6. The van der Waals surface area contributed by atoms with E-state index in [0.29, 0.717) is 18.2 Å². The molecule has 1 fully saturated rings. The van der Waals surface area contributed by atoms with Gasteiger partial charge in [-0.1, -0.05) is 18.9 Å². The number of nitrogens with two attached hydrogens (primary N) is 2. The van der Waals surface area contributed by atoms with Crippen molar-refractivity contribution in [3.63, 3.8) is 0 Å². The van der Waals surface area contributed by atoms with Crippen LogP contribution in [0, 0.1) is 19.8 Å². The normalized spacial score (nSPS) is 14.4. The molecule has 0 radical (unpaired) electrons. The van der Waals surface area contributed by atoms with Crippen LogP contribution in [0.1, 0.15) is 40.9 Å². The number of nitrogens with zero attached hydrogens (tertiary/aromatic N) is 2. The Morgan fingerprint density at radius 3 is 2.56 bits per heavy atom. The lowest BCUT2D eigenvalue weighted by atomic mass is 10.1. The number of carbonyl (C=O) groups is 2. The highest BCUT2D eigenvalue weighted by atomic mass is 16.1. The summed E-state index contributed by atoms with van der Waals surface area (Å²) < 4.78 is 0. The van der Waals surface area contributed by atoms with Crippen molar-refractivity contribution in [3.05, 3.63) is 41.2 Å². The van der Waals surface area contributed by atoms with E-state index in [2.05, 4.69) is 20.6 Å². The Labute approximate surface area is 157 Å². The number of benzene rings is 1. The van der Waals surface area contributed by atoms with Crippen LogP contribution in [0.2, 0.25) is 0 Å². The summed E-state index contributed by atoms with van der Waals surface area (Å²) in [6, 6.07) is 5.27. The topological polar surface area (TPSA) is 136 Å². The molecule has 1 aliphatic rings. The lowest BCUT2D eigenvalue weighted by molar-refractivity contribution is -0.118. The zero-order valence-corrected chi connectivity index (χ0v) is 15.5. The third-order valence-electron chi connectivity index (χ3n) is 4.71. The lowest BCUT2D eigenvalue weighted by Gasteiger charge is -2.17. The van der Waals surface area contributed by atoms with Crippen molar-refractivity contribution >= 4 is 29.1 Å². The standard InChI is InChI=1S/C19H24N6O2/c1-10-3-6-13(7-11(10)2)23-19-16(18(21)27)22-9-15(25-19)24-14(17(20)26)8-12-4-5-12/h3,6-7,9,12,14H,4-5,8H2,1-2H3,(H2,20,26)(H2,21,27)(H2,23,24,25). The largest absolute Gasteiger partial charge is 0.368 e. The molecule has 8 heteroatoms. The predicted molar refractivity (Wildman–Crippen MR) is 104 cm³/mol. The molecule has 27 heavy (non-hydrogen) atoms. The highest BCUT2D eigenvalue weighted by molar-refractivity contribution is 5.96. The van der Waals surface area contributed by atoms with Gasteiger partial charge in [0.25, 0.3) is 5.91 Å². The Morgan fingerprint density at radius 2 is 1.96 bits per heavy atom. The Balaban J connectivity index is 1.86. The smallest absolute Gasteiger partial charge is 0.271 e. The molecule has 6 N–H and O–H groups in total. The Bertz CT molecular complexity index is 878. The average molecular weight is 368 g/mol. The van der Waals surface area contributed by atoms with Crippen LogP contribution in [0.4, 0.5) is 17.3 Å². The first-order valence-electron chi connectivity index (χ1n) is 8.90. The Morgan fingerprint density at radius 1 is 1.22 bits per heavy atom. The quantitative estimate of drug-likeness (QED) is 0.562. The van der Waals surface area contributed by atoms with Gasteiger partial charge in [-0.3, -0.25) is 9.59 Å². The predicted octanol–water partition coefficient (Wildman–Crippen LogP) is 2.00. The van der Waals surface area contributed by atoms with Crippen LogP contribution in [0.15, 0.2) is 24.4 Å². The molecule has 8 nitrogen and oxygen atoms in total. The summed E-state index contributed by atoms with van der Waals surface area (Å²) in [5, 5.41) is 6.11. The second kappa shape index (κ2) is 7.61. The third kappa shape index (κ3) is 4.72. The summed E-state index contributed by atoms with van der Waals surface area (Å²) >= 11 is 0. The van der Waals surface area contributed by atoms with Crippen LogP contribution >= 0.6 is 0 Å². The minimum absolute atomic E-state index is 0.0246. The fraction of sp³-hybridized carbons (Fsp3) is 0.368. The molecule has 0 saturated heterocycles. The number of anilines is 3. The first-order chi connectivity index (χ1) is 12.8. The molecule has 1 aromatic carbocycles. The zero-order valence-electron chi connectivity index (χ0n) is 15.5. The van der Waals surface area contributed by atoms with Gasteiger partial charge in [-0.25, -0.2) is 9.97 Å². The molecule has 2 aromatic rings.